The molecule has 3 aromatic rings. The third kappa shape index (κ3) is 5.73. The molecule has 0 bridgehead atoms. The molecule has 2 aromatic carbocycles. The summed E-state index contributed by atoms with van der Waals surface area (Å²) >= 11 is 0. The molecule has 0 atom stereocenters. The van der Waals surface area contributed by atoms with E-state index in [0.717, 1.165) is 44.7 Å². The fourth-order valence-corrected chi connectivity index (χ4v) is 3.06. The Bertz CT molecular complexity index is 1120. The van der Waals surface area contributed by atoms with E-state index in [4.69, 9.17) is 14.8 Å². The third-order valence-electron chi connectivity index (χ3n) is 4.61. The monoisotopic (exact) mass is 417 g/mol. The molecule has 0 saturated heterocycles. The third-order valence-corrected chi connectivity index (χ3v) is 4.61. The Morgan fingerprint density at radius 1 is 1.23 bits per heavy atom. The van der Waals surface area contributed by atoms with E-state index in [-0.39, 0.29) is 0 Å². The van der Waals surface area contributed by atoms with Gasteiger partial charge >= 0.3 is 0 Å². The Balaban J connectivity index is 0.000000785. The van der Waals surface area contributed by atoms with Crippen molar-refractivity contribution in [3.05, 3.63) is 60.3 Å². The zero-order chi connectivity index (χ0) is 22.8. The number of nitrogens with one attached hydrogen (secondary N) is 3. The molecule has 0 saturated carbocycles. The van der Waals surface area contributed by atoms with Crippen LogP contribution in [-0.2, 0) is 4.79 Å². The summed E-state index contributed by atoms with van der Waals surface area (Å²) in [5.41, 5.74) is 4.52. The highest BCUT2D eigenvalue weighted by atomic mass is 16.5. The molecule has 0 fully saturated rings. The van der Waals surface area contributed by atoms with Crippen LogP contribution in [0.2, 0.25) is 0 Å². The van der Waals surface area contributed by atoms with Crippen LogP contribution in [0.1, 0.15) is 5.56 Å². The SMILES string of the molecule is C=C(C#N)CNc1c(OC)ccc2ccc(-c3cnc(NC)c(C)c3)cc12.CNC=O. The predicted octanol–water partition coefficient (Wildman–Crippen LogP) is 4.11. The molecule has 1 aromatic heterocycles. The van der Waals surface area contributed by atoms with Crippen LogP contribution in [0, 0.1) is 18.3 Å². The topological polar surface area (TPSA) is 99.1 Å². The minimum absolute atomic E-state index is 0.369. The number of aromatic nitrogens is 1. The quantitative estimate of drug-likeness (QED) is 0.395. The second-order valence-electron chi connectivity index (χ2n) is 6.69. The number of amides is 1. The van der Waals surface area contributed by atoms with Gasteiger partial charge in [0.15, 0.2) is 0 Å². The van der Waals surface area contributed by atoms with Gasteiger partial charge in [-0.1, -0.05) is 24.8 Å². The average molecular weight is 418 g/mol. The Morgan fingerprint density at radius 2 is 1.94 bits per heavy atom. The van der Waals surface area contributed by atoms with Crippen molar-refractivity contribution in [2.24, 2.45) is 0 Å². The molecular weight excluding hydrogens is 390 g/mol. The van der Waals surface area contributed by atoms with Gasteiger partial charge in [-0.3, -0.25) is 4.79 Å². The van der Waals surface area contributed by atoms with Crippen LogP contribution in [0.25, 0.3) is 21.9 Å². The number of carbonyl (C=O) groups excluding carboxylic acids is 1. The summed E-state index contributed by atoms with van der Waals surface area (Å²) in [7, 11) is 5.07. The minimum Gasteiger partial charge on any atom is -0.495 e. The van der Waals surface area contributed by atoms with Crippen LogP contribution in [0.15, 0.2) is 54.7 Å². The Labute approximate surface area is 182 Å². The van der Waals surface area contributed by atoms with Gasteiger partial charge in [-0.25, -0.2) is 4.98 Å². The first-order chi connectivity index (χ1) is 15.0. The maximum atomic E-state index is 9.06. The molecule has 7 heteroatoms. The normalized spacial score (nSPS) is 9.65. The van der Waals surface area contributed by atoms with Crippen LogP contribution in [0.4, 0.5) is 11.5 Å². The molecule has 1 amide bonds. The van der Waals surface area contributed by atoms with Crippen molar-refractivity contribution in [2.45, 2.75) is 6.92 Å². The van der Waals surface area contributed by atoms with Gasteiger partial charge in [-0.2, -0.15) is 5.26 Å². The largest absolute Gasteiger partial charge is 0.495 e. The van der Waals surface area contributed by atoms with Crippen molar-refractivity contribution in [1.29, 1.82) is 5.26 Å². The summed E-state index contributed by atoms with van der Waals surface area (Å²) in [6, 6.07) is 14.4. The zero-order valence-electron chi connectivity index (χ0n) is 18.2. The highest BCUT2D eigenvalue weighted by Gasteiger charge is 2.11. The standard InChI is InChI=1S/C22H22N4O.C2H5NO/c1-14(11-23)12-25-21-19-10-17(6-5-16(19)7-8-20(21)27-4)18-9-15(2)22(24-3)26-13-18;1-3-2-4/h5-10,13,25H,1,12H2,2-4H3,(H,24,26);2H,1H3,(H,3,4). The van der Waals surface area contributed by atoms with Crippen molar-refractivity contribution in [3.8, 4) is 22.9 Å². The van der Waals surface area contributed by atoms with Gasteiger partial charge in [0.25, 0.3) is 0 Å². The molecule has 0 unspecified atom stereocenters. The number of ether oxygens (including phenoxy) is 1. The number of hydrogen-bond acceptors (Lipinski definition) is 6. The van der Waals surface area contributed by atoms with Crippen LogP contribution in [0.3, 0.4) is 0 Å². The van der Waals surface area contributed by atoms with E-state index < -0.39 is 0 Å². The average Bonchev–Trinajstić information content (AvgIpc) is 2.81. The highest BCUT2D eigenvalue weighted by molar-refractivity contribution is 5.99. The molecule has 0 spiro atoms. The molecule has 3 rings (SSSR count). The number of rotatable bonds is 7. The van der Waals surface area contributed by atoms with E-state index in [2.05, 4.69) is 57.8 Å². The molecule has 0 aliphatic heterocycles. The molecule has 0 radical (unpaired) electrons. The lowest BCUT2D eigenvalue weighted by atomic mass is 10.00. The number of anilines is 2. The number of benzene rings is 2. The lowest BCUT2D eigenvalue weighted by Gasteiger charge is -2.15. The second-order valence-corrected chi connectivity index (χ2v) is 6.69. The van der Waals surface area contributed by atoms with E-state index in [0.29, 0.717) is 18.5 Å². The number of carbonyl (C=O) groups is 1. The van der Waals surface area contributed by atoms with Crippen LogP contribution in [0.5, 0.6) is 5.75 Å². The summed E-state index contributed by atoms with van der Waals surface area (Å²) in [6.45, 7) is 6.14. The van der Waals surface area contributed by atoms with E-state index in [1.54, 1.807) is 14.2 Å². The number of hydrogen-bond donors (Lipinski definition) is 3. The molecular formula is C24H27N5O2. The van der Waals surface area contributed by atoms with Crippen LogP contribution >= 0.6 is 0 Å². The minimum atomic E-state index is 0.369. The Morgan fingerprint density at radius 3 is 2.52 bits per heavy atom. The lowest BCUT2D eigenvalue weighted by molar-refractivity contribution is -0.109. The van der Waals surface area contributed by atoms with Crippen molar-refractivity contribution in [3.63, 3.8) is 0 Å². The summed E-state index contributed by atoms with van der Waals surface area (Å²) in [6.07, 6.45) is 2.49. The van der Waals surface area contributed by atoms with Crippen LogP contribution in [-0.4, -0.2) is 39.1 Å². The lowest BCUT2D eigenvalue weighted by Crippen LogP contribution is -2.05. The van der Waals surface area contributed by atoms with Gasteiger partial charge in [-0.05, 0) is 41.6 Å². The first kappa shape index (κ1) is 23.2. The Hall–Kier alpha value is -4.05. The molecule has 160 valence electrons. The molecule has 0 aliphatic rings. The summed E-state index contributed by atoms with van der Waals surface area (Å²) < 4.78 is 5.52. The van der Waals surface area contributed by atoms with Gasteiger partial charge in [0, 0.05) is 43.4 Å². The molecule has 1 heterocycles. The number of methoxy groups -OCH3 is 1. The van der Waals surface area contributed by atoms with Crippen molar-refractivity contribution in [1.82, 2.24) is 10.3 Å². The van der Waals surface area contributed by atoms with Crippen molar-refractivity contribution in [2.75, 3.05) is 38.4 Å². The first-order valence-electron chi connectivity index (χ1n) is 9.67. The number of nitriles is 1. The maximum absolute atomic E-state index is 9.06. The first-order valence-corrected chi connectivity index (χ1v) is 9.67. The van der Waals surface area contributed by atoms with Gasteiger partial charge in [0.1, 0.15) is 11.6 Å². The highest BCUT2D eigenvalue weighted by Crippen LogP contribution is 2.36. The summed E-state index contributed by atoms with van der Waals surface area (Å²) in [4.78, 5) is 13.5. The number of nitrogens with zero attached hydrogens (tertiary/aromatic N) is 2. The maximum Gasteiger partial charge on any atom is 0.206 e. The number of aryl methyl sites for hydroxylation is 1. The van der Waals surface area contributed by atoms with E-state index in [9.17, 15) is 0 Å². The predicted molar refractivity (Wildman–Crippen MR) is 126 cm³/mol. The van der Waals surface area contributed by atoms with E-state index >= 15 is 0 Å². The molecule has 0 aliphatic carbocycles. The van der Waals surface area contributed by atoms with Gasteiger partial charge in [-0.15, -0.1) is 0 Å². The molecule has 3 N–H and O–H groups in total. The molecule has 7 nitrogen and oxygen atoms in total. The second kappa shape index (κ2) is 11.2. The van der Waals surface area contributed by atoms with Crippen molar-refractivity contribution >= 4 is 28.7 Å². The number of pyridine rings is 1. The molecule has 31 heavy (non-hydrogen) atoms. The Kier molecular flexibility index (Phi) is 8.41. The smallest absolute Gasteiger partial charge is 0.206 e. The van der Waals surface area contributed by atoms with E-state index in [1.165, 1.54) is 0 Å². The zero-order valence-corrected chi connectivity index (χ0v) is 18.2. The van der Waals surface area contributed by atoms with Crippen molar-refractivity contribution < 1.29 is 9.53 Å². The van der Waals surface area contributed by atoms with Gasteiger partial charge < -0.3 is 20.7 Å². The number of fused-ring (bicyclic) bond motifs is 1. The summed E-state index contributed by atoms with van der Waals surface area (Å²) in [5.74, 6) is 1.60. The fraction of sp³-hybridized carbons (Fsp3) is 0.208. The fourth-order valence-electron chi connectivity index (χ4n) is 3.06. The van der Waals surface area contributed by atoms with E-state index in [1.807, 2.05) is 32.3 Å². The van der Waals surface area contributed by atoms with Crippen LogP contribution < -0.4 is 20.7 Å². The van der Waals surface area contributed by atoms with Gasteiger partial charge in [0.05, 0.1) is 18.9 Å². The summed E-state index contributed by atoms with van der Waals surface area (Å²) in [5, 5.41) is 19.7. The van der Waals surface area contributed by atoms with Gasteiger partial charge in [0.2, 0.25) is 6.41 Å².